The minimum Gasteiger partial charge on any atom is -0.465 e. The summed E-state index contributed by atoms with van der Waals surface area (Å²) in [5, 5.41) is 3.28. The van der Waals surface area contributed by atoms with E-state index in [9.17, 15) is 24.0 Å². The van der Waals surface area contributed by atoms with E-state index in [-0.39, 0.29) is 19.1 Å². The number of nitrogens with one attached hydrogen (secondary N) is 1. The van der Waals surface area contributed by atoms with Gasteiger partial charge in [-0.1, -0.05) is 49.6 Å². The molecule has 2 aromatic carbocycles. The first-order valence-corrected chi connectivity index (χ1v) is 17.7. The van der Waals surface area contributed by atoms with Crippen LogP contribution >= 0.6 is 11.8 Å². The fourth-order valence-corrected chi connectivity index (χ4v) is 6.94. The molecule has 0 unspecified atom stereocenters. The molecule has 260 valence electrons. The Kier molecular flexibility index (Phi) is 13.5. The summed E-state index contributed by atoms with van der Waals surface area (Å²) in [6.07, 6.45) is 4.00. The van der Waals surface area contributed by atoms with Gasteiger partial charge in [-0.2, -0.15) is 0 Å². The summed E-state index contributed by atoms with van der Waals surface area (Å²) < 4.78 is 16.0. The maximum absolute atomic E-state index is 13.9. The molecule has 0 aliphatic carbocycles. The van der Waals surface area contributed by atoms with Gasteiger partial charge in [0.25, 0.3) is 0 Å². The van der Waals surface area contributed by atoms with E-state index in [0.717, 1.165) is 37.0 Å². The lowest BCUT2D eigenvalue weighted by molar-refractivity contribution is -0.154. The van der Waals surface area contributed by atoms with Crippen molar-refractivity contribution in [1.82, 2.24) is 10.2 Å². The molecular weight excluding hydrogens is 634 g/mol. The van der Waals surface area contributed by atoms with E-state index in [1.165, 1.54) is 16.7 Å². The van der Waals surface area contributed by atoms with Crippen LogP contribution < -0.4 is 10.2 Å². The molecule has 0 bridgehead atoms. The summed E-state index contributed by atoms with van der Waals surface area (Å²) in [5.74, 6) is -1.09. The quantitative estimate of drug-likeness (QED) is 0.131. The molecule has 11 nitrogen and oxygen atoms in total. The Hall–Kier alpha value is -3.90. The highest BCUT2D eigenvalue weighted by molar-refractivity contribution is 7.99. The second kappa shape index (κ2) is 17.5. The Morgan fingerprint density at radius 3 is 2.35 bits per heavy atom. The first-order chi connectivity index (χ1) is 22.9. The molecule has 1 fully saturated rings. The van der Waals surface area contributed by atoms with Crippen LogP contribution in [0.15, 0.2) is 59.5 Å². The number of piperidine rings is 1. The van der Waals surface area contributed by atoms with E-state index in [2.05, 4.69) is 5.32 Å². The second-order valence-corrected chi connectivity index (χ2v) is 14.1. The van der Waals surface area contributed by atoms with E-state index >= 15 is 0 Å². The minimum absolute atomic E-state index is 0.221. The van der Waals surface area contributed by atoms with Crippen molar-refractivity contribution < 1.29 is 38.2 Å². The molecule has 1 N–H and O–H groups in total. The van der Waals surface area contributed by atoms with Crippen LogP contribution in [-0.2, 0) is 28.6 Å². The van der Waals surface area contributed by atoms with Crippen molar-refractivity contribution in [2.75, 3.05) is 36.9 Å². The van der Waals surface area contributed by atoms with Crippen LogP contribution in [0.1, 0.15) is 76.6 Å². The van der Waals surface area contributed by atoms with Gasteiger partial charge in [-0.05, 0) is 77.1 Å². The Labute approximate surface area is 287 Å². The van der Waals surface area contributed by atoms with Gasteiger partial charge in [-0.15, -0.1) is 11.8 Å². The van der Waals surface area contributed by atoms with Crippen LogP contribution in [0.2, 0.25) is 0 Å². The predicted molar refractivity (Wildman–Crippen MR) is 183 cm³/mol. The highest BCUT2D eigenvalue weighted by Gasteiger charge is 2.36. The summed E-state index contributed by atoms with van der Waals surface area (Å²) in [5.41, 5.74) is 0.276. The van der Waals surface area contributed by atoms with Gasteiger partial charge in [0.15, 0.2) is 0 Å². The largest absolute Gasteiger partial charge is 0.465 e. The molecule has 2 amide bonds. The van der Waals surface area contributed by atoms with Crippen LogP contribution in [0.3, 0.4) is 0 Å². The molecule has 2 aromatic rings. The molecule has 0 radical (unpaired) electrons. The van der Waals surface area contributed by atoms with Crippen LogP contribution in [0.25, 0.3) is 0 Å². The van der Waals surface area contributed by atoms with Crippen molar-refractivity contribution in [3.8, 4) is 0 Å². The van der Waals surface area contributed by atoms with Gasteiger partial charge in [0, 0.05) is 23.7 Å². The van der Waals surface area contributed by atoms with Gasteiger partial charge in [0.05, 0.1) is 23.9 Å². The van der Waals surface area contributed by atoms with Crippen molar-refractivity contribution in [3.05, 3.63) is 60.2 Å². The standard InChI is InChI=1S/C36H47N3O8S/c1-5-45-34(43)27(16-10-9-13-25-19-21-38(22-20-25)35(44)46-33(42)26-14-7-6-8-15-26)37-28-24-48-30-18-12-11-17-29(30)39(32(28)41)23-31(40)47-36(2,3)4/h6-8,11-12,14-15,17-18,25,27-28,37H,5,9-10,13,16,19-24H2,1-4H3/t27-,28+/m1/s1. The summed E-state index contributed by atoms with van der Waals surface area (Å²) in [7, 11) is 0. The molecule has 4 rings (SSSR count). The summed E-state index contributed by atoms with van der Waals surface area (Å²) in [4.78, 5) is 68.4. The fourth-order valence-electron chi connectivity index (χ4n) is 5.86. The van der Waals surface area contributed by atoms with Gasteiger partial charge < -0.3 is 19.1 Å². The van der Waals surface area contributed by atoms with Gasteiger partial charge in [-0.3, -0.25) is 24.6 Å². The topological polar surface area (TPSA) is 132 Å². The van der Waals surface area contributed by atoms with Gasteiger partial charge in [0.1, 0.15) is 18.2 Å². The van der Waals surface area contributed by atoms with Crippen LogP contribution in [0.4, 0.5) is 10.5 Å². The fraction of sp³-hybridized carbons (Fsp3) is 0.528. The lowest BCUT2D eigenvalue weighted by Gasteiger charge is -2.31. The molecule has 0 aromatic heterocycles. The van der Waals surface area contributed by atoms with Gasteiger partial charge in [-0.25, -0.2) is 9.59 Å². The maximum Gasteiger partial charge on any atom is 0.417 e. The smallest absolute Gasteiger partial charge is 0.417 e. The van der Waals surface area contributed by atoms with Crippen molar-refractivity contribution in [3.63, 3.8) is 0 Å². The average Bonchev–Trinajstić information content (AvgIpc) is 3.18. The molecular formula is C36H47N3O8S. The van der Waals surface area contributed by atoms with Crippen LogP contribution in [0, 0.1) is 5.92 Å². The maximum atomic E-state index is 13.9. The van der Waals surface area contributed by atoms with Gasteiger partial charge >= 0.3 is 24.0 Å². The number of unbranched alkanes of at least 4 members (excludes halogenated alkanes) is 1. The third kappa shape index (κ3) is 10.8. The van der Waals surface area contributed by atoms with Crippen LogP contribution in [0.5, 0.6) is 0 Å². The van der Waals surface area contributed by atoms with Crippen molar-refractivity contribution in [2.24, 2.45) is 5.92 Å². The van der Waals surface area contributed by atoms with E-state index < -0.39 is 41.7 Å². The highest BCUT2D eigenvalue weighted by Crippen LogP contribution is 2.34. The molecule has 2 aliphatic rings. The molecule has 2 atom stereocenters. The Balaban J connectivity index is 1.29. The van der Waals surface area contributed by atoms with Crippen LogP contribution in [-0.4, -0.2) is 84.5 Å². The number of fused-ring (bicyclic) bond motifs is 1. The summed E-state index contributed by atoms with van der Waals surface area (Å²) >= 11 is 1.50. The first-order valence-electron chi connectivity index (χ1n) is 16.7. The predicted octanol–water partition coefficient (Wildman–Crippen LogP) is 5.61. The summed E-state index contributed by atoms with van der Waals surface area (Å²) in [6.45, 7) is 8.11. The number of likely N-dealkylation sites (tertiary alicyclic amines) is 1. The zero-order valence-electron chi connectivity index (χ0n) is 28.3. The number of hydrogen-bond donors (Lipinski definition) is 1. The number of hydrogen-bond acceptors (Lipinski definition) is 10. The highest BCUT2D eigenvalue weighted by atomic mass is 32.2. The Bertz CT molecular complexity index is 1420. The van der Waals surface area contributed by atoms with E-state index in [1.807, 2.05) is 24.3 Å². The minimum atomic E-state index is -0.725. The summed E-state index contributed by atoms with van der Waals surface area (Å²) in [6, 6.07) is 14.5. The van der Waals surface area contributed by atoms with Crippen molar-refractivity contribution >= 4 is 47.4 Å². The lowest BCUT2D eigenvalue weighted by Crippen LogP contribution is -2.54. The number of rotatable bonds is 12. The Morgan fingerprint density at radius 1 is 0.979 bits per heavy atom. The Morgan fingerprint density at radius 2 is 1.67 bits per heavy atom. The normalized spacial score (nSPS) is 17.6. The number of amides is 2. The van der Waals surface area contributed by atoms with E-state index in [1.54, 1.807) is 62.9 Å². The number of anilines is 1. The third-order valence-electron chi connectivity index (χ3n) is 8.22. The van der Waals surface area contributed by atoms with E-state index in [0.29, 0.717) is 42.4 Å². The number of para-hydroxylation sites is 1. The molecule has 0 saturated carbocycles. The van der Waals surface area contributed by atoms with Crippen molar-refractivity contribution in [1.29, 1.82) is 0 Å². The zero-order chi connectivity index (χ0) is 34.7. The third-order valence-corrected chi connectivity index (χ3v) is 9.38. The van der Waals surface area contributed by atoms with E-state index in [4.69, 9.17) is 14.2 Å². The number of ether oxygens (including phenoxy) is 3. The molecule has 48 heavy (non-hydrogen) atoms. The zero-order valence-corrected chi connectivity index (χ0v) is 29.1. The number of carbonyl (C=O) groups is 5. The molecule has 1 saturated heterocycles. The average molecular weight is 682 g/mol. The molecule has 12 heteroatoms. The lowest BCUT2D eigenvalue weighted by atomic mass is 9.91. The number of carbonyl (C=O) groups excluding carboxylic acids is 5. The number of nitrogens with zero attached hydrogens (tertiary/aromatic N) is 2. The molecule has 0 spiro atoms. The monoisotopic (exact) mass is 681 g/mol. The number of benzene rings is 2. The van der Waals surface area contributed by atoms with Crippen molar-refractivity contribution in [2.45, 2.75) is 88.8 Å². The first kappa shape index (κ1) is 36.9. The molecule has 2 heterocycles. The number of esters is 3. The number of thioether (sulfide) groups is 1. The molecule has 2 aliphatic heterocycles. The second-order valence-electron chi connectivity index (χ2n) is 13.0. The SMILES string of the molecule is CCOC(=O)[C@@H](CCCCC1CCN(C(=O)OC(=O)c2ccccc2)CC1)N[C@H]1CSc2ccccc2N(CC(=O)OC(C)(C)C)C1=O. The van der Waals surface area contributed by atoms with Gasteiger partial charge in [0.2, 0.25) is 5.91 Å².